The number of rotatable bonds is 15. The van der Waals surface area contributed by atoms with Crippen LogP contribution in [0, 0.1) is 0 Å². The van der Waals surface area contributed by atoms with Crippen LogP contribution in [-0.4, -0.2) is 84.6 Å². The van der Waals surface area contributed by atoms with Gasteiger partial charge >= 0.3 is 11.9 Å². The number of hydrogen-bond acceptors (Lipinski definition) is 17. The van der Waals surface area contributed by atoms with Gasteiger partial charge in [0, 0.05) is 61.5 Å². The number of nitrogens with zero attached hydrogens (tertiary/aromatic N) is 2. The SMILES string of the molecule is O=C(CC(CN1C(=O)C=CC1=O)SOOO)ONS.O=C(O)CC(CN1C(=O)C=CC1=O)SOOO. The number of amides is 4. The fourth-order valence-corrected chi connectivity index (χ4v) is 3.74. The number of thiol groups is 1. The predicted octanol–water partition coefficient (Wildman–Crippen LogP) is -0.544. The first-order valence-corrected chi connectivity index (χ1v) is 11.3. The van der Waals surface area contributed by atoms with E-state index in [-0.39, 0.29) is 25.9 Å². The molecule has 2 aliphatic heterocycles. The summed E-state index contributed by atoms with van der Waals surface area (Å²) < 4.78 is 8.33. The Labute approximate surface area is 215 Å². The summed E-state index contributed by atoms with van der Waals surface area (Å²) >= 11 is 4.55. The average molecular weight is 574 g/mol. The van der Waals surface area contributed by atoms with Crippen LogP contribution in [0.25, 0.3) is 0 Å². The van der Waals surface area contributed by atoms with Gasteiger partial charge in [-0.15, -0.1) is 8.67 Å². The molecule has 0 saturated carbocycles. The number of carbonyl (C=O) groups is 6. The lowest BCUT2D eigenvalue weighted by Gasteiger charge is -2.19. The van der Waals surface area contributed by atoms with E-state index >= 15 is 0 Å². The molecule has 4 amide bonds. The van der Waals surface area contributed by atoms with Gasteiger partial charge in [-0.05, 0) is 0 Å². The lowest BCUT2D eigenvalue weighted by Crippen LogP contribution is -2.37. The largest absolute Gasteiger partial charge is 0.481 e. The molecule has 2 rings (SSSR count). The van der Waals surface area contributed by atoms with Gasteiger partial charge < -0.3 is 9.94 Å². The Morgan fingerprint density at radius 3 is 1.56 bits per heavy atom. The van der Waals surface area contributed by atoms with E-state index in [0.717, 1.165) is 34.1 Å². The monoisotopic (exact) mass is 573 g/mol. The van der Waals surface area contributed by atoms with E-state index in [1.165, 1.54) is 0 Å². The third-order valence-corrected chi connectivity index (χ3v) is 5.49. The number of hydrogen-bond donors (Lipinski definition) is 5. The number of aliphatic carboxylic acids is 1. The average Bonchev–Trinajstić information content (AvgIpc) is 3.31. The lowest BCUT2D eigenvalue weighted by molar-refractivity contribution is -0.432. The van der Waals surface area contributed by atoms with Gasteiger partial charge in [-0.2, -0.15) is 0 Å². The van der Waals surface area contributed by atoms with Crippen LogP contribution in [0.3, 0.4) is 0 Å². The van der Waals surface area contributed by atoms with Gasteiger partial charge in [-0.25, -0.2) is 10.5 Å². The summed E-state index contributed by atoms with van der Waals surface area (Å²) in [6.45, 7) is -0.259. The van der Waals surface area contributed by atoms with Gasteiger partial charge in [-0.3, -0.25) is 38.6 Å². The second-order valence-electron chi connectivity index (χ2n) is 6.33. The topological polar surface area (TPSA) is 228 Å². The van der Waals surface area contributed by atoms with Gasteiger partial charge in [0.15, 0.2) is 0 Å². The van der Waals surface area contributed by atoms with Crippen molar-refractivity contribution in [2.45, 2.75) is 23.3 Å². The number of carbonyl (C=O) groups excluding carboxylic acids is 5. The maximum absolute atomic E-state index is 11.4. The Balaban J connectivity index is 0.000000362. The van der Waals surface area contributed by atoms with Crippen LogP contribution in [-0.2, 0) is 52.3 Å². The molecule has 200 valence electrons. The second kappa shape index (κ2) is 17.0. The molecule has 0 saturated heterocycles. The van der Waals surface area contributed by atoms with Crippen molar-refractivity contribution in [3.63, 3.8) is 0 Å². The highest BCUT2D eigenvalue weighted by Crippen LogP contribution is 2.20. The van der Waals surface area contributed by atoms with Gasteiger partial charge in [0.2, 0.25) is 0 Å². The third-order valence-electron chi connectivity index (χ3n) is 3.94. The molecule has 17 nitrogen and oxygen atoms in total. The molecule has 0 aromatic heterocycles. The van der Waals surface area contributed by atoms with Gasteiger partial charge in [0.1, 0.15) is 0 Å². The Bertz CT molecular complexity index is 849. The second-order valence-corrected chi connectivity index (χ2v) is 8.50. The quantitative estimate of drug-likeness (QED) is 0.0544. The molecule has 2 atom stereocenters. The minimum absolute atomic E-state index is 0.111. The minimum atomic E-state index is -1.13. The Kier molecular flexibility index (Phi) is 14.9. The summed E-state index contributed by atoms with van der Waals surface area (Å²) in [5, 5.41) is 30.0. The molecule has 2 aliphatic rings. The maximum Gasteiger partial charge on any atom is 0.327 e. The number of carboxylic acids is 1. The Morgan fingerprint density at radius 2 is 1.22 bits per heavy atom. The van der Waals surface area contributed by atoms with Gasteiger partial charge in [-0.1, -0.05) is 27.8 Å². The number of carboxylic acid groups (broad SMARTS) is 1. The Morgan fingerprint density at radius 1 is 0.833 bits per heavy atom. The number of imide groups is 2. The maximum atomic E-state index is 11.4. The van der Waals surface area contributed by atoms with E-state index in [1.807, 2.05) is 4.89 Å². The molecular formula is C16H19N3O14S3. The van der Waals surface area contributed by atoms with E-state index in [0.29, 0.717) is 24.1 Å². The zero-order valence-corrected chi connectivity index (χ0v) is 20.3. The summed E-state index contributed by atoms with van der Waals surface area (Å²) in [7, 11) is 0. The van der Waals surface area contributed by atoms with Crippen molar-refractivity contribution in [3.8, 4) is 0 Å². The van der Waals surface area contributed by atoms with E-state index in [9.17, 15) is 28.8 Å². The third kappa shape index (κ3) is 11.5. The standard InChI is InChI=1S/C8H10N2O7S2.C8H9NO7S/c11-6-1-2-7(12)10(6)4-5(19-17-16-14)3-8(13)15-9-18;10-6-1-2-7(11)9(6)4-5(3-8(12)13)17-16-15-14/h1-2,5,9,14,18H,3-4H2;1-2,5,14H,3-4H2,(H,12,13). The molecule has 2 unspecified atom stereocenters. The summed E-state index contributed by atoms with van der Waals surface area (Å²) in [5.74, 6) is -3.86. The zero-order valence-electron chi connectivity index (χ0n) is 17.8. The predicted molar refractivity (Wildman–Crippen MR) is 119 cm³/mol. The van der Waals surface area contributed by atoms with Gasteiger partial charge in [0.05, 0.1) is 23.3 Å². The molecule has 0 radical (unpaired) electrons. The van der Waals surface area contributed by atoms with Crippen molar-refractivity contribution in [2.75, 3.05) is 13.1 Å². The van der Waals surface area contributed by atoms with E-state index in [4.69, 9.17) is 15.6 Å². The van der Waals surface area contributed by atoms with E-state index < -0.39 is 46.1 Å². The number of nitrogens with one attached hydrogen (secondary N) is 1. The first-order valence-electron chi connectivity index (χ1n) is 9.27. The van der Waals surface area contributed by atoms with Crippen molar-refractivity contribution in [1.82, 2.24) is 14.7 Å². The highest BCUT2D eigenvalue weighted by Gasteiger charge is 2.30. The van der Waals surface area contributed by atoms with Crippen molar-refractivity contribution in [3.05, 3.63) is 24.3 Å². The molecule has 2 heterocycles. The molecule has 4 N–H and O–H groups in total. The van der Waals surface area contributed by atoms with Crippen LogP contribution in [0.2, 0.25) is 0 Å². The summed E-state index contributed by atoms with van der Waals surface area (Å²) in [4.78, 5) is 75.0. The zero-order chi connectivity index (χ0) is 27.1. The van der Waals surface area contributed by atoms with Gasteiger partial charge in [0.25, 0.3) is 23.6 Å². The summed E-state index contributed by atoms with van der Waals surface area (Å²) in [6.07, 6.45) is 3.84. The molecule has 20 heteroatoms. The van der Waals surface area contributed by atoms with Crippen molar-refractivity contribution < 1.29 is 68.0 Å². The summed E-state index contributed by atoms with van der Waals surface area (Å²) in [5.41, 5.74) is 0. The van der Waals surface area contributed by atoms with Crippen LogP contribution >= 0.6 is 36.9 Å². The first kappa shape index (κ1) is 31.5. The normalized spacial score (nSPS) is 16.3. The van der Waals surface area contributed by atoms with Crippen LogP contribution in [0.5, 0.6) is 0 Å². The van der Waals surface area contributed by atoms with Crippen LogP contribution in [0.15, 0.2) is 24.3 Å². The molecule has 0 spiro atoms. The lowest BCUT2D eigenvalue weighted by atomic mass is 10.3. The van der Waals surface area contributed by atoms with Crippen molar-refractivity contribution in [1.29, 1.82) is 0 Å². The van der Waals surface area contributed by atoms with Crippen LogP contribution in [0.1, 0.15) is 12.8 Å². The molecule has 0 aliphatic carbocycles. The van der Waals surface area contributed by atoms with Crippen LogP contribution in [0.4, 0.5) is 0 Å². The molecule has 0 bridgehead atoms. The smallest absolute Gasteiger partial charge is 0.327 e. The molecule has 0 fully saturated rings. The van der Waals surface area contributed by atoms with Crippen LogP contribution < -0.4 is 4.89 Å². The highest BCUT2D eigenvalue weighted by atomic mass is 32.2. The van der Waals surface area contributed by atoms with Crippen molar-refractivity contribution in [2.24, 2.45) is 0 Å². The molecular weight excluding hydrogens is 554 g/mol. The van der Waals surface area contributed by atoms with E-state index in [2.05, 4.69) is 36.4 Å². The van der Waals surface area contributed by atoms with E-state index in [1.54, 1.807) is 0 Å². The fraction of sp³-hybridized carbons (Fsp3) is 0.375. The Hall–Kier alpha value is -2.53. The first-order chi connectivity index (χ1) is 17.1. The minimum Gasteiger partial charge on any atom is -0.481 e. The molecule has 0 aromatic carbocycles. The summed E-state index contributed by atoms with van der Waals surface area (Å²) in [6, 6.07) is 0. The molecule has 0 aromatic rings. The highest BCUT2D eigenvalue weighted by molar-refractivity contribution is 7.95. The van der Waals surface area contributed by atoms with Crippen molar-refractivity contribution >= 4 is 72.5 Å². The molecule has 36 heavy (non-hydrogen) atoms. The fourth-order valence-electron chi connectivity index (χ4n) is 2.51.